The zero-order valence-corrected chi connectivity index (χ0v) is 10.6. The van der Waals surface area contributed by atoms with Crippen LogP contribution in [-0.2, 0) is 24.3 Å². The van der Waals surface area contributed by atoms with Crippen molar-refractivity contribution in [3.63, 3.8) is 0 Å². The van der Waals surface area contributed by atoms with Crippen LogP contribution in [0.5, 0.6) is 0 Å². The average molecular weight is 227 g/mol. The fourth-order valence-electron chi connectivity index (χ4n) is 2.28. The van der Waals surface area contributed by atoms with Crippen LogP contribution >= 0.6 is 11.6 Å². The highest BCUT2D eigenvalue weighted by Gasteiger charge is 2.26. The highest BCUT2D eigenvalue weighted by molar-refractivity contribution is 6.17. The first-order chi connectivity index (χ1) is 7.04. The van der Waals surface area contributed by atoms with E-state index in [4.69, 9.17) is 16.6 Å². The molecule has 0 fully saturated rings. The lowest BCUT2D eigenvalue weighted by Crippen LogP contribution is -2.16. The number of rotatable bonds is 1. The van der Waals surface area contributed by atoms with Gasteiger partial charge >= 0.3 is 0 Å². The van der Waals surface area contributed by atoms with Gasteiger partial charge in [0.2, 0.25) is 0 Å². The van der Waals surface area contributed by atoms with E-state index in [0.29, 0.717) is 5.88 Å². The largest absolute Gasteiger partial charge is 0.331 e. The first kappa shape index (κ1) is 11.0. The van der Waals surface area contributed by atoms with Crippen molar-refractivity contribution >= 4 is 11.6 Å². The van der Waals surface area contributed by atoms with Gasteiger partial charge in [-0.3, -0.25) is 0 Å². The number of aromatic nitrogens is 2. The molecule has 0 unspecified atom stereocenters. The van der Waals surface area contributed by atoms with Crippen LogP contribution in [-0.4, -0.2) is 9.55 Å². The van der Waals surface area contributed by atoms with Crippen molar-refractivity contribution in [1.82, 2.24) is 9.55 Å². The van der Waals surface area contributed by atoms with Gasteiger partial charge in [0, 0.05) is 18.4 Å². The molecule has 0 amide bonds. The molecule has 0 spiro atoms. The third-order valence-electron chi connectivity index (χ3n) is 3.02. The van der Waals surface area contributed by atoms with Crippen LogP contribution in [0, 0.1) is 0 Å². The van der Waals surface area contributed by atoms with Gasteiger partial charge in [-0.15, -0.1) is 11.6 Å². The molecule has 2 rings (SSSR count). The molecule has 1 aliphatic rings. The van der Waals surface area contributed by atoms with Crippen LogP contribution in [0.15, 0.2) is 0 Å². The Hall–Kier alpha value is -0.500. The van der Waals surface area contributed by atoms with Gasteiger partial charge in [0.25, 0.3) is 0 Å². The second kappa shape index (κ2) is 3.82. The van der Waals surface area contributed by atoms with E-state index < -0.39 is 0 Å². The molecule has 2 nitrogen and oxygen atoms in total. The minimum absolute atomic E-state index is 0.106. The van der Waals surface area contributed by atoms with Crippen molar-refractivity contribution in [3.05, 3.63) is 17.2 Å². The molecular weight excluding hydrogens is 208 g/mol. The van der Waals surface area contributed by atoms with Crippen molar-refractivity contribution in [1.29, 1.82) is 0 Å². The topological polar surface area (TPSA) is 17.8 Å². The predicted molar refractivity (Wildman–Crippen MR) is 63.4 cm³/mol. The van der Waals surface area contributed by atoms with E-state index in [1.807, 2.05) is 0 Å². The zero-order chi connectivity index (χ0) is 11.1. The molecule has 1 aromatic heterocycles. The Bertz CT molecular complexity index is 360. The fraction of sp³-hybridized carbons (Fsp3) is 0.750. The number of hydrogen-bond acceptors (Lipinski definition) is 1. The summed E-state index contributed by atoms with van der Waals surface area (Å²) in [6.45, 7) is 7.71. The summed E-state index contributed by atoms with van der Waals surface area (Å²) in [5, 5.41) is 0. The second-order valence-corrected chi connectivity index (χ2v) is 5.58. The molecule has 0 radical (unpaired) electrons. The molecule has 0 atom stereocenters. The molecule has 15 heavy (non-hydrogen) atoms. The smallest absolute Gasteiger partial charge is 0.109 e. The standard InChI is InChI=1S/C12H19ClN2/c1-12(2,3)11-9(8-13)15-7-5-4-6-10(15)14-11/h4-8H2,1-3H3. The van der Waals surface area contributed by atoms with Gasteiger partial charge in [0.15, 0.2) is 0 Å². The van der Waals surface area contributed by atoms with Crippen LogP contribution < -0.4 is 0 Å². The molecule has 2 heterocycles. The SMILES string of the molecule is CC(C)(C)c1nc2n(c1CCl)CCCC2. The van der Waals surface area contributed by atoms with Crippen LogP contribution in [0.4, 0.5) is 0 Å². The van der Waals surface area contributed by atoms with Crippen molar-refractivity contribution in [2.24, 2.45) is 0 Å². The third-order valence-corrected chi connectivity index (χ3v) is 3.27. The molecule has 1 aliphatic heterocycles. The molecule has 84 valence electrons. The molecule has 0 N–H and O–H groups in total. The molecule has 0 bridgehead atoms. The minimum Gasteiger partial charge on any atom is -0.331 e. The van der Waals surface area contributed by atoms with Gasteiger partial charge in [-0.2, -0.15) is 0 Å². The molecular formula is C12H19ClN2. The van der Waals surface area contributed by atoms with E-state index in [1.165, 1.54) is 30.1 Å². The lowest BCUT2D eigenvalue weighted by atomic mass is 9.91. The van der Waals surface area contributed by atoms with Gasteiger partial charge in [-0.1, -0.05) is 20.8 Å². The molecule has 3 heteroatoms. The quantitative estimate of drug-likeness (QED) is 0.673. The first-order valence-electron chi connectivity index (χ1n) is 5.69. The number of alkyl halides is 1. The van der Waals surface area contributed by atoms with Crippen LogP contribution in [0.3, 0.4) is 0 Å². The number of imidazole rings is 1. The summed E-state index contributed by atoms with van der Waals surface area (Å²) in [7, 11) is 0. The Kier molecular flexibility index (Phi) is 2.80. The predicted octanol–water partition coefficient (Wildman–Crippen LogP) is 3.26. The summed E-state index contributed by atoms with van der Waals surface area (Å²) in [5.41, 5.74) is 2.53. The van der Waals surface area contributed by atoms with E-state index in [-0.39, 0.29) is 5.41 Å². The van der Waals surface area contributed by atoms with Gasteiger partial charge in [0.1, 0.15) is 5.82 Å². The van der Waals surface area contributed by atoms with E-state index >= 15 is 0 Å². The summed E-state index contributed by atoms with van der Waals surface area (Å²) >= 11 is 6.06. The van der Waals surface area contributed by atoms with Gasteiger partial charge in [0.05, 0.1) is 17.3 Å². The van der Waals surface area contributed by atoms with Crippen molar-refractivity contribution in [2.45, 2.75) is 57.9 Å². The molecule has 0 saturated heterocycles. The normalized spacial score (nSPS) is 16.5. The summed E-state index contributed by atoms with van der Waals surface area (Å²) < 4.78 is 2.33. The highest BCUT2D eigenvalue weighted by Crippen LogP contribution is 2.29. The number of nitrogens with zero attached hydrogens (tertiary/aromatic N) is 2. The monoisotopic (exact) mass is 226 g/mol. The maximum atomic E-state index is 6.06. The summed E-state index contributed by atoms with van der Waals surface area (Å²) in [5.74, 6) is 1.82. The molecule has 1 aromatic rings. The summed E-state index contributed by atoms with van der Waals surface area (Å²) in [6, 6.07) is 0. The van der Waals surface area contributed by atoms with Gasteiger partial charge in [-0.05, 0) is 12.8 Å². The van der Waals surface area contributed by atoms with E-state index in [1.54, 1.807) is 0 Å². The van der Waals surface area contributed by atoms with E-state index in [2.05, 4.69) is 25.3 Å². The van der Waals surface area contributed by atoms with Crippen LogP contribution in [0.2, 0.25) is 0 Å². The first-order valence-corrected chi connectivity index (χ1v) is 6.22. The lowest BCUT2D eigenvalue weighted by Gasteiger charge is -2.18. The Labute approximate surface area is 96.7 Å². The number of hydrogen-bond donors (Lipinski definition) is 0. The molecule has 0 aromatic carbocycles. The minimum atomic E-state index is 0.106. The van der Waals surface area contributed by atoms with Gasteiger partial charge < -0.3 is 4.57 Å². The van der Waals surface area contributed by atoms with Crippen molar-refractivity contribution in [2.75, 3.05) is 0 Å². The van der Waals surface area contributed by atoms with Crippen molar-refractivity contribution in [3.8, 4) is 0 Å². The molecule has 0 saturated carbocycles. The summed E-state index contributed by atoms with van der Waals surface area (Å²) in [4.78, 5) is 4.77. The average Bonchev–Trinajstić information content (AvgIpc) is 2.55. The molecule has 0 aliphatic carbocycles. The van der Waals surface area contributed by atoms with Crippen LogP contribution in [0.1, 0.15) is 50.8 Å². The second-order valence-electron chi connectivity index (χ2n) is 5.32. The zero-order valence-electron chi connectivity index (χ0n) is 9.81. The number of fused-ring (bicyclic) bond motifs is 1. The van der Waals surface area contributed by atoms with Crippen LogP contribution in [0.25, 0.3) is 0 Å². The Morgan fingerprint density at radius 3 is 2.67 bits per heavy atom. The Morgan fingerprint density at radius 1 is 1.33 bits per heavy atom. The maximum absolute atomic E-state index is 6.06. The Balaban J connectivity index is 2.51. The third kappa shape index (κ3) is 1.92. The number of aryl methyl sites for hydroxylation is 1. The lowest BCUT2D eigenvalue weighted by molar-refractivity contribution is 0.512. The highest BCUT2D eigenvalue weighted by atomic mass is 35.5. The van der Waals surface area contributed by atoms with E-state index in [9.17, 15) is 0 Å². The summed E-state index contributed by atoms with van der Waals surface area (Å²) in [6.07, 6.45) is 3.64. The Morgan fingerprint density at radius 2 is 2.07 bits per heavy atom. The fourth-order valence-corrected chi connectivity index (χ4v) is 2.55. The van der Waals surface area contributed by atoms with Gasteiger partial charge in [-0.25, -0.2) is 4.98 Å². The van der Waals surface area contributed by atoms with E-state index in [0.717, 1.165) is 13.0 Å². The number of halogens is 1. The maximum Gasteiger partial charge on any atom is 0.109 e. The van der Waals surface area contributed by atoms with Crippen molar-refractivity contribution < 1.29 is 0 Å².